The molecule has 2 aromatic carbocycles. The summed E-state index contributed by atoms with van der Waals surface area (Å²) in [5.41, 5.74) is 8.68. The number of aryl methyl sites for hydroxylation is 2. The number of ether oxygens (including phenoxy) is 2. The number of amides is 1. The number of carbonyl (C=O) groups is 1. The molecule has 0 bridgehead atoms. The van der Waals surface area contributed by atoms with E-state index in [4.69, 9.17) is 26.8 Å². The summed E-state index contributed by atoms with van der Waals surface area (Å²) in [6.45, 7) is 4.74. The standard InChI is InChI=1S/C18H21ClN2O3.ClH/c1-11-6-12(2)8-13(7-11)24-5-4-21-18(22)14-9-15(19)16(20)10-17(14)23-3;/h6-10H,4-5,20H2,1-3H3,(H,21,22);1H. The minimum Gasteiger partial charge on any atom is -0.496 e. The van der Waals surface area contributed by atoms with Crippen molar-refractivity contribution in [1.29, 1.82) is 0 Å². The Morgan fingerprint density at radius 3 is 2.40 bits per heavy atom. The second-order valence-corrected chi connectivity index (χ2v) is 5.91. The smallest absolute Gasteiger partial charge is 0.255 e. The van der Waals surface area contributed by atoms with Gasteiger partial charge < -0.3 is 20.5 Å². The van der Waals surface area contributed by atoms with Crippen molar-refractivity contribution >= 4 is 35.6 Å². The molecule has 136 valence electrons. The predicted molar refractivity (Wildman–Crippen MR) is 103 cm³/mol. The van der Waals surface area contributed by atoms with Crippen LogP contribution >= 0.6 is 24.0 Å². The first-order valence-electron chi connectivity index (χ1n) is 7.53. The summed E-state index contributed by atoms with van der Waals surface area (Å²) in [7, 11) is 1.47. The zero-order chi connectivity index (χ0) is 17.7. The zero-order valence-corrected chi connectivity index (χ0v) is 16.0. The van der Waals surface area contributed by atoms with Crippen LogP contribution in [-0.4, -0.2) is 26.2 Å². The first kappa shape index (κ1) is 20.9. The van der Waals surface area contributed by atoms with Crippen molar-refractivity contribution in [3.05, 3.63) is 52.0 Å². The zero-order valence-electron chi connectivity index (χ0n) is 14.4. The number of methoxy groups -OCH3 is 1. The Labute approximate surface area is 158 Å². The lowest BCUT2D eigenvalue weighted by atomic mass is 10.1. The maximum absolute atomic E-state index is 12.3. The second-order valence-electron chi connectivity index (χ2n) is 5.50. The third kappa shape index (κ3) is 5.73. The van der Waals surface area contributed by atoms with Gasteiger partial charge in [-0.25, -0.2) is 0 Å². The van der Waals surface area contributed by atoms with E-state index in [2.05, 4.69) is 11.4 Å². The highest BCUT2D eigenvalue weighted by molar-refractivity contribution is 6.33. The Hall–Kier alpha value is -2.11. The van der Waals surface area contributed by atoms with Gasteiger partial charge in [0, 0.05) is 6.07 Å². The third-order valence-electron chi connectivity index (χ3n) is 3.41. The van der Waals surface area contributed by atoms with E-state index in [1.165, 1.54) is 19.2 Å². The van der Waals surface area contributed by atoms with Crippen molar-refractivity contribution in [3.63, 3.8) is 0 Å². The van der Waals surface area contributed by atoms with Crippen molar-refractivity contribution in [3.8, 4) is 11.5 Å². The van der Waals surface area contributed by atoms with E-state index in [9.17, 15) is 4.79 Å². The molecule has 0 saturated carbocycles. The van der Waals surface area contributed by atoms with Crippen LogP contribution in [0.1, 0.15) is 21.5 Å². The van der Waals surface area contributed by atoms with Gasteiger partial charge in [-0.15, -0.1) is 12.4 Å². The molecule has 0 spiro atoms. The summed E-state index contributed by atoms with van der Waals surface area (Å²) in [4.78, 5) is 12.3. The fourth-order valence-corrected chi connectivity index (χ4v) is 2.52. The summed E-state index contributed by atoms with van der Waals surface area (Å²) in [6, 6.07) is 9.01. The number of hydrogen-bond acceptors (Lipinski definition) is 4. The van der Waals surface area contributed by atoms with Crippen molar-refractivity contribution < 1.29 is 14.3 Å². The van der Waals surface area contributed by atoms with E-state index in [1.807, 2.05) is 26.0 Å². The highest BCUT2D eigenvalue weighted by Gasteiger charge is 2.14. The van der Waals surface area contributed by atoms with Gasteiger partial charge in [-0.05, 0) is 43.2 Å². The molecule has 3 N–H and O–H groups in total. The molecule has 0 aliphatic rings. The van der Waals surface area contributed by atoms with Crippen LogP contribution in [0.4, 0.5) is 5.69 Å². The van der Waals surface area contributed by atoms with Gasteiger partial charge in [0.2, 0.25) is 0 Å². The van der Waals surface area contributed by atoms with Crippen LogP contribution < -0.4 is 20.5 Å². The normalized spacial score (nSPS) is 9.92. The van der Waals surface area contributed by atoms with Gasteiger partial charge in [0.15, 0.2) is 0 Å². The molecule has 1 amide bonds. The van der Waals surface area contributed by atoms with Crippen LogP contribution in [0.2, 0.25) is 5.02 Å². The van der Waals surface area contributed by atoms with Gasteiger partial charge in [-0.3, -0.25) is 4.79 Å². The van der Waals surface area contributed by atoms with Crippen molar-refractivity contribution in [2.75, 3.05) is 26.0 Å². The van der Waals surface area contributed by atoms with E-state index < -0.39 is 0 Å². The van der Waals surface area contributed by atoms with E-state index >= 15 is 0 Å². The van der Waals surface area contributed by atoms with Crippen molar-refractivity contribution in [1.82, 2.24) is 5.32 Å². The van der Waals surface area contributed by atoms with E-state index in [1.54, 1.807) is 0 Å². The molecule has 0 saturated heterocycles. The molecular weight excluding hydrogens is 363 g/mol. The van der Waals surface area contributed by atoms with Crippen LogP contribution in [0.25, 0.3) is 0 Å². The molecule has 25 heavy (non-hydrogen) atoms. The number of benzene rings is 2. The minimum absolute atomic E-state index is 0. The SMILES string of the molecule is COc1cc(N)c(Cl)cc1C(=O)NCCOc1cc(C)cc(C)c1.Cl. The largest absolute Gasteiger partial charge is 0.496 e. The Balaban J connectivity index is 0.00000312. The Kier molecular flexibility index (Phi) is 7.87. The first-order chi connectivity index (χ1) is 11.4. The average Bonchev–Trinajstić information content (AvgIpc) is 2.52. The molecule has 0 atom stereocenters. The summed E-state index contributed by atoms with van der Waals surface area (Å²) in [5, 5.41) is 3.09. The van der Waals surface area contributed by atoms with Crippen LogP contribution in [0, 0.1) is 13.8 Å². The molecule has 0 radical (unpaired) electrons. The topological polar surface area (TPSA) is 73.6 Å². The van der Waals surface area contributed by atoms with Gasteiger partial charge in [-0.1, -0.05) is 17.7 Å². The van der Waals surface area contributed by atoms with Gasteiger partial charge in [0.1, 0.15) is 18.1 Å². The molecule has 5 nitrogen and oxygen atoms in total. The summed E-state index contributed by atoms with van der Waals surface area (Å²) >= 11 is 5.97. The lowest BCUT2D eigenvalue weighted by molar-refractivity contribution is 0.0944. The maximum atomic E-state index is 12.3. The molecule has 0 aromatic heterocycles. The molecule has 0 aliphatic heterocycles. The summed E-state index contributed by atoms with van der Waals surface area (Å²) < 4.78 is 10.8. The molecule has 2 rings (SSSR count). The average molecular weight is 385 g/mol. The third-order valence-corrected chi connectivity index (χ3v) is 3.74. The Morgan fingerprint density at radius 2 is 1.80 bits per heavy atom. The summed E-state index contributed by atoms with van der Waals surface area (Å²) in [6.07, 6.45) is 0. The van der Waals surface area contributed by atoms with E-state index in [-0.39, 0.29) is 18.3 Å². The number of carbonyl (C=O) groups excluding carboxylic acids is 1. The second kappa shape index (κ2) is 9.39. The minimum atomic E-state index is -0.294. The first-order valence-corrected chi connectivity index (χ1v) is 7.91. The Bertz CT molecular complexity index is 731. The van der Waals surface area contributed by atoms with Crippen molar-refractivity contribution in [2.24, 2.45) is 0 Å². The molecule has 0 unspecified atom stereocenters. The molecule has 2 aromatic rings. The monoisotopic (exact) mass is 384 g/mol. The van der Waals surface area contributed by atoms with Gasteiger partial charge in [0.25, 0.3) is 5.91 Å². The molecule has 0 aliphatic carbocycles. The van der Waals surface area contributed by atoms with Crippen LogP contribution in [0.15, 0.2) is 30.3 Å². The molecule has 0 fully saturated rings. The number of nitrogens with one attached hydrogen (secondary N) is 1. The maximum Gasteiger partial charge on any atom is 0.255 e. The number of hydrogen-bond donors (Lipinski definition) is 2. The van der Waals surface area contributed by atoms with Crippen LogP contribution in [-0.2, 0) is 0 Å². The van der Waals surface area contributed by atoms with Gasteiger partial charge >= 0.3 is 0 Å². The fourth-order valence-electron chi connectivity index (χ4n) is 2.36. The molecule has 7 heteroatoms. The molecule has 0 heterocycles. The number of anilines is 1. The fraction of sp³-hybridized carbons (Fsp3) is 0.278. The van der Waals surface area contributed by atoms with Gasteiger partial charge in [0.05, 0.1) is 29.9 Å². The van der Waals surface area contributed by atoms with E-state index in [0.717, 1.165) is 16.9 Å². The summed E-state index contributed by atoms with van der Waals surface area (Å²) in [5.74, 6) is 0.872. The lowest BCUT2D eigenvalue weighted by Crippen LogP contribution is -2.28. The van der Waals surface area contributed by atoms with Crippen molar-refractivity contribution in [2.45, 2.75) is 13.8 Å². The Morgan fingerprint density at radius 1 is 1.16 bits per heavy atom. The number of rotatable bonds is 6. The highest BCUT2D eigenvalue weighted by atomic mass is 35.5. The van der Waals surface area contributed by atoms with Gasteiger partial charge in [-0.2, -0.15) is 0 Å². The predicted octanol–water partition coefficient (Wildman–Crippen LogP) is 3.78. The number of nitrogen functional groups attached to an aromatic ring is 1. The van der Waals surface area contributed by atoms with E-state index in [0.29, 0.717) is 35.2 Å². The van der Waals surface area contributed by atoms with Crippen LogP contribution in [0.3, 0.4) is 0 Å². The number of halogens is 2. The lowest BCUT2D eigenvalue weighted by Gasteiger charge is -2.12. The quantitative estimate of drug-likeness (QED) is 0.586. The molecular formula is C18H22Cl2N2O3. The number of nitrogens with two attached hydrogens (primary N) is 1. The van der Waals surface area contributed by atoms with Crippen LogP contribution in [0.5, 0.6) is 11.5 Å². The highest BCUT2D eigenvalue weighted by Crippen LogP contribution is 2.28.